The SMILES string of the molecule is CNC(=O)c1ccc(CN(C)[C@H](C)C(=O)Nc2ccccc2C#N)cc1. The van der Waals surface area contributed by atoms with E-state index in [0.29, 0.717) is 23.4 Å². The van der Waals surface area contributed by atoms with E-state index in [1.807, 2.05) is 31.0 Å². The van der Waals surface area contributed by atoms with Gasteiger partial charge < -0.3 is 10.6 Å². The first-order chi connectivity index (χ1) is 12.5. The highest BCUT2D eigenvalue weighted by atomic mass is 16.2. The number of para-hydroxylation sites is 1. The molecule has 6 heteroatoms. The van der Waals surface area contributed by atoms with Gasteiger partial charge in [0.15, 0.2) is 0 Å². The second kappa shape index (κ2) is 8.79. The molecule has 2 aromatic rings. The number of hydrogen-bond donors (Lipinski definition) is 2. The van der Waals surface area contributed by atoms with Crippen molar-refractivity contribution in [2.24, 2.45) is 0 Å². The van der Waals surface area contributed by atoms with Gasteiger partial charge in [0.2, 0.25) is 5.91 Å². The van der Waals surface area contributed by atoms with Crippen LogP contribution in [0, 0.1) is 11.3 Å². The molecule has 2 rings (SSSR count). The van der Waals surface area contributed by atoms with Crippen LogP contribution in [-0.4, -0.2) is 36.9 Å². The number of nitriles is 1. The predicted molar refractivity (Wildman–Crippen MR) is 101 cm³/mol. The summed E-state index contributed by atoms with van der Waals surface area (Å²) in [6.07, 6.45) is 0. The lowest BCUT2D eigenvalue weighted by Gasteiger charge is -2.24. The molecule has 0 aliphatic rings. The molecule has 0 unspecified atom stereocenters. The summed E-state index contributed by atoms with van der Waals surface area (Å²) in [6.45, 7) is 2.37. The average molecular weight is 350 g/mol. The van der Waals surface area contributed by atoms with Gasteiger partial charge in [-0.3, -0.25) is 14.5 Å². The fourth-order valence-corrected chi connectivity index (χ4v) is 2.46. The smallest absolute Gasteiger partial charge is 0.251 e. The van der Waals surface area contributed by atoms with Crippen LogP contribution in [0.3, 0.4) is 0 Å². The summed E-state index contributed by atoms with van der Waals surface area (Å²) in [7, 11) is 3.45. The number of likely N-dealkylation sites (N-methyl/N-ethyl adjacent to an activating group) is 1. The molecular weight excluding hydrogens is 328 g/mol. The van der Waals surface area contributed by atoms with Gasteiger partial charge in [0, 0.05) is 19.2 Å². The summed E-state index contributed by atoms with van der Waals surface area (Å²) in [5.41, 5.74) is 2.53. The number of amides is 2. The van der Waals surface area contributed by atoms with Crippen LogP contribution in [-0.2, 0) is 11.3 Å². The topological polar surface area (TPSA) is 85.2 Å². The molecule has 2 N–H and O–H groups in total. The number of carbonyl (C=O) groups is 2. The molecule has 0 spiro atoms. The maximum Gasteiger partial charge on any atom is 0.251 e. The Morgan fingerprint density at radius 3 is 2.42 bits per heavy atom. The normalized spacial score (nSPS) is 11.5. The molecule has 2 aromatic carbocycles. The number of benzene rings is 2. The van der Waals surface area contributed by atoms with E-state index in [-0.39, 0.29) is 17.9 Å². The highest BCUT2D eigenvalue weighted by molar-refractivity contribution is 5.95. The Hall–Kier alpha value is -3.17. The Labute approximate surface area is 153 Å². The quantitative estimate of drug-likeness (QED) is 0.838. The fraction of sp³-hybridized carbons (Fsp3) is 0.250. The van der Waals surface area contributed by atoms with Crippen LogP contribution in [0.15, 0.2) is 48.5 Å². The largest absolute Gasteiger partial charge is 0.355 e. The van der Waals surface area contributed by atoms with Gasteiger partial charge in [-0.25, -0.2) is 0 Å². The fourth-order valence-electron chi connectivity index (χ4n) is 2.46. The molecule has 26 heavy (non-hydrogen) atoms. The molecule has 0 heterocycles. The van der Waals surface area contributed by atoms with Gasteiger partial charge in [0.1, 0.15) is 6.07 Å². The third-order valence-electron chi connectivity index (χ3n) is 4.22. The Morgan fingerprint density at radius 2 is 1.81 bits per heavy atom. The van der Waals surface area contributed by atoms with Crippen molar-refractivity contribution in [1.82, 2.24) is 10.2 Å². The highest BCUT2D eigenvalue weighted by Gasteiger charge is 2.19. The van der Waals surface area contributed by atoms with E-state index in [9.17, 15) is 9.59 Å². The van der Waals surface area contributed by atoms with Crippen LogP contribution >= 0.6 is 0 Å². The lowest BCUT2D eigenvalue weighted by molar-refractivity contribution is -0.120. The van der Waals surface area contributed by atoms with Gasteiger partial charge in [0.05, 0.1) is 17.3 Å². The molecule has 2 amide bonds. The van der Waals surface area contributed by atoms with Gasteiger partial charge in [-0.05, 0) is 43.8 Å². The van der Waals surface area contributed by atoms with Gasteiger partial charge in [0.25, 0.3) is 5.91 Å². The summed E-state index contributed by atoms with van der Waals surface area (Å²) < 4.78 is 0. The van der Waals surface area contributed by atoms with E-state index in [0.717, 1.165) is 5.56 Å². The average Bonchev–Trinajstić information content (AvgIpc) is 2.67. The van der Waals surface area contributed by atoms with Crippen LogP contribution in [0.5, 0.6) is 0 Å². The standard InChI is InChI=1S/C20H22N4O2/c1-14(19(25)23-18-7-5-4-6-17(18)12-21)24(3)13-15-8-10-16(11-9-15)20(26)22-2/h4-11,14H,13H2,1-3H3,(H,22,26)(H,23,25)/t14-/m1/s1. The molecule has 134 valence electrons. The molecule has 0 saturated carbocycles. The van der Waals surface area contributed by atoms with Crippen molar-refractivity contribution >= 4 is 17.5 Å². The Kier molecular flexibility index (Phi) is 6.48. The first-order valence-electron chi connectivity index (χ1n) is 8.27. The van der Waals surface area contributed by atoms with Crippen LogP contribution < -0.4 is 10.6 Å². The maximum absolute atomic E-state index is 12.5. The minimum atomic E-state index is -0.389. The van der Waals surface area contributed by atoms with Crippen LogP contribution in [0.1, 0.15) is 28.4 Å². The molecule has 1 atom stereocenters. The first kappa shape index (κ1) is 19.2. The second-order valence-corrected chi connectivity index (χ2v) is 6.01. The molecule has 0 bridgehead atoms. The van der Waals surface area contributed by atoms with Crippen molar-refractivity contribution in [3.8, 4) is 6.07 Å². The van der Waals surface area contributed by atoms with Crippen molar-refractivity contribution in [1.29, 1.82) is 5.26 Å². The zero-order chi connectivity index (χ0) is 19.1. The zero-order valence-electron chi connectivity index (χ0n) is 15.1. The third kappa shape index (κ3) is 4.68. The summed E-state index contributed by atoms with van der Waals surface area (Å²) in [5, 5.41) is 14.5. The molecule has 0 fully saturated rings. The summed E-state index contributed by atoms with van der Waals surface area (Å²) in [6, 6.07) is 15.8. The monoisotopic (exact) mass is 350 g/mol. The van der Waals surface area contributed by atoms with Crippen molar-refractivity contribution in [3.05, 3.63) is 65.2 Å². The molecule has 0 radical (unpaired) electrons. The van der Waals surface area contributed by atoms with Crippen LogP contribution in [0.4, 0.5) is 5.69 Å². The van der Waals surface area contributed by atoms with Gasteiger partial charge in [-0.15, -0.1) is 0 Å². The van der Waals surface area contributed by atoms with Crippen molar-refractivity contribution in [2.75, 3.05) is 19.4 Å². The van der Waals surface area contributed by atoms with E-state index in [1.165, 1.54) is 0 Å². The van der Waals surface area contributed by atoms with Crippen molar-refractivity contribution in [2.45, 2.75) is 19.5 Å². The molecule has 6 nitrogen and oxygen atoms in total. The predicted octanol–water partition coefficient (Wildman–Crippen LogP) is 2.38. The number of nitrogens with zero attached hydrogens (tertiary/aromatic N) is 2. The van der Waals surface area contributed by atoms with Crippen molar-refractivity contribution in [3.63, 3.8) is 0 Å². The second-order valence-electron chi connectivity index (χ2n) is 6.01. The lowest BCUT2D eigenvalue weighted by Crippen LogP contribution is -2.39. The summed E-state index contributed by atoms with van der Waals surface area (Å²) >= 11 is 0. The molecular formula is C20H22N4O2. The minimum absolute atomic E-state index is 0.131. The number of carbonyl (C=O) groups excluding carboxylic acids is 2. The molecule has 0 aliphatic heterocycles. The van der Waals surface area contributed by atoms with Crippen LogP contribution in [0.2, 0.25) is 0 Å². The maximum atomic E-state index is 12.5. The molecule has 0 aliphatic carbocycles. The van der Waals surface area contributed by atoms with E-state index in [2.05, 4.69) is 16.7 Å². The summed E-state index contributed by atoms with van der Waals surface area (Å²) in [4.78, 5) is 26.0. The van der Waals surface area contributed by atoms with Gasteiger partial charge >= 0.3 is 0 Å². The van der Waals surface area contributed by atoms with Crippen LogP contribution in [0.25, 0.3) is 0 Å². The number of anilines is 1. The number of rotatable bonds is 6. The Bertz CT molecular complexity index is 824. The lowest BCUT2D eigenvalue weighted by atomic mass is 10.1. The van der Waals surface area contributed by atoms with Crippen molar-refractivity contribution < 1.29 is 9.59 Å². The zero-order valence-corrected chi connectivity index (χ0v) is 15.1. The van der Waals surface area contributed by atoms with E-state index in [1.54, 1.807) is 43.4 Å². The Morgan fingerprint density at radius 1 is 1.15 bits per heavy atom. The molecule has 0 saturated heterocycles. The summed E-state index contributed by atoms with van der Waals surface area (Å²) in [5.74, 6) is -0.314. The third-order valence-corrected chi connectivity index (χ3v) is 4.22. The Balaban J connectivity index is 2.00. The first-order valence-corrected chi connectivity index (χ1v) is 8.27. The molecule has 0 aromatic heterocycles. The minimum Gasteiger partial charge on any atom is -0.355 e. The van der Waals surface area contributed by atoms with Gasteiger partial charge in [-0.2, -0.15) is 5.26 Å². The van der Waals surface area contributed by atoms with E-state index in [4.69, 9.17) is 5.26 Å². The number of nitrogens with one attached hydrogen (secondary N) is 2. The number of hydrogen-bond acceptors (Lipinski definition) is 4. The van der Waals surface area contributed by atoms with E-state index < -0.39 is 0 Å². The van der Waals surface area contributed by atoms with Gasteiger partial charge in [-0.1, -0.05) is 24.3 Å². The van der Waals surface area contributed by atoms with E-state index >= 15 is 0 Å². The highest BCUT2D eigenvalue weighted by Crippen LogP contribution is 2.15.